The number of benzene rings is 2. The van der Waals surface area contributed by atoms with E-state index < -0.39 is 0 Å². The minimum Gasteiger partial charge on any atom is -0.396 e. The number of nitrogens with zero attached hydrogens (tertiary/aromatic N) is 1. The van der Waals surface area contributed by atoms with Crippen molar-refractivity contribution in [2.45, 2.75) is 57.8 Å². The van der Waals surface area contributed by atoms with Gasteiger partial charge >= 0.3 is 0 Å². The van der Waals surface area contributed by atoms with E-state index in [-0.39, 0.29) is 12.5 Å². The molecular weight excluding hydrogens is 334 g/mol. The van der Waals surface area contributed by atoms with Crippen LogP contribution in [0.4, 0.5) is 0 Å². The first-order chi connectivity index (χ1) is 13.2. The summed E-state index contributed by atoms with van der Waals surface area (Å²) in [5.74, 6) is 0.232. The molecule has 2 aromatic rings. The summed E-state index contributed by atoms with van der Waals surface area (Å²) in [4.78, 5) is 2.64. The molecule has 1 aliphatic carbocycles. The number of hydrogen-bond donors (Lipinski definition) is 1. The van der Waals surface area contributed by atoms with Crippen LogP contribution in [0.2, 0.25) is 0 Å². The molecular formula is C24H33NO2. The highest BCUT2D eigenvalue weighted by molar-refractivity contribution is 5.17. The molecule has 0 spiro atoms. The van der Waals surface area contributed by atoms with Gasteiger partial charge in [0.15, 0.2) is 0 Å². The lowest BCUT2D eigenvalue weighted by molar-refractivity contribution is -0.0160. The standard InChI is InChI=1S/C24H33NO2/c1-20(18-26)19-27-24-14-12-23(13-15-24)25(16-21-8-4-2-5-9-21)17-22-10-6-3-7-11-22/h2-11,20,23-24,26H,12-19H2,1H3/t20?,23-,24-. The maximum absolute atomic E-state index is 9.17. The SMILES string of the molecule is CC(CO)CO[C@H]1CC[C@H](N(Cc2ccccc2)Cc2ccccc2)CC1. The average Bonchev–Trinajstić information content (AvgIpc) is 2.73. The van der Waals surface area contributed by atoms with E-state index in [0.717, 1.165) is 25.9 Å². The third-order valence-electron chi connectivity index (χ3n) is 5.55. The van der Waals surface area contributed by atoms with Gasteiger partial charge in [0.2, 0.25) is 0 Å². The van der Waals surface area contributed by atoms with Crippen molar-refractivity contribution in [2.24, 2.45) is 5.92 Å². The van der Waals surface area contributed by atoms with Gasteiger partial charge in [-0.25, -0.2) is 0 Å². The molecule has 27 heavy (non-hydrogen) atoms. The average molecular weight is 368 g/mol. The van der Waals surface area contributed by atoms with Crippen LogP contribution in [0.15, 0.2) is 60.7 Å². The Morgan fingerprint density at radius 2 is 1.41 bits per heavy atom. The van der Waals surface area contributed by atoms with Gasteiger partial charge in [0.05, 0.1) is 12.7 Å². The van der Waals surface area contributed by atoms with Crippen LogP contribution in [0.3, 0.4) is 0 Å². The Hall–Kier alpha value is -1.68. The van der Waals surface area contributed by atoms with Crippen LogP contribution >= 0.6 is 0 Å². The Kier molecular flexibility index (Phi) is 7.88. The summed E-state index contributed by atoms with van der Waals surface area (Å²) in [5, 5.41) is 9.17. The number of ether oxygens (including phenoxy) is 1. The predicted octanol–water partition coefficient (Wildman–Crippen LogP) is 4.65. The highest BCUT2D eigenvalue weighted by Gasteiger charge is 2.26. The van der Waals surface area contributed by atoms with Crippen molar-refractivity contribution in [1.82, 2.24) is 4.90 Å². The monoisotopic (exact) mass is 367 g/mol. The maximum atomic E-state index is 9.17. The third kappa shape index (κ3) is 6.46. The molecule has 2 aromatic carbocycles. The first-order valence-electron chi connectivity index (χ1n) is 10.3. The third-order valence-corrected chi connectivity index (χ3v) is 5.55. The lowest BCUT2D eigenvalue weighted by Gasteiger charge is -2.37. The van der Waals surface area contributed by atoms with Gasteiger partial charge in [0, 0.05) is 31.7 Å². The Balaban J connectivity index is 1.59. The van der Waals surface area contributed by atoms with E-state index in [1.807, 2.05) is 6.92 Å². The second-order valence-corrected chi connectivity index (χ2v) is 7.93. The molecule has 3 rings (SSSR count). The van der Waals surface area contributed by atoms with Crippen LogP contribution in [-0.2, 0) is 17.8 Å². The molecule has 146 valence electrons. The number of aliphatic hydroxyl groups is 1. The van der Waals surface area contributed by atoms with Crippen LogP contribution in [0.25, 0.3) is 0 Å². The lowest BCUT2D eigenvalue weighted by Crippen LogP contribution is -2.39. The van der Waals surface area contributed by atoms with Crippen molar-refractivity contribution in [3.05, 3.63) is 71.8 Å². The Bertz CT molecular complexity index is 596. The van der Waals surface area contributed by atoms with Crippen LogP contribution in [0.5, 0.6) is 0 Å². The van der Waals surface area contributed by atoms with Crippen molar-refractivity contribution in [1.29, 1.82) is 0 Å². The van der Waals surface area contributed by atoms with Gasteiger partial charge in [-0.2, -0.15) is 0 Å². The molecule has 1 aliphatic rings. The van der Waals surface area contributed by atoms with Crippen LogP contribution in [0.1, 0.15) is 43.7 Å². The van der Waals surface area contributed by atoms with Crippen LogP contribution in [-0.4, -0.2) is 35.4 Å². The van der Waals surface area contributed by atoms with Crippen molar-refractivity contribution < 1.29 is 9.84 Å². The quantitative estimate of drug-likeness (QED) is 0.700. The van der Waals surface area contributed by atoms with Gasteiger partial charge in [0.25, 0.3) is 0 Å². The normalized spacial score (nSPS) is 21.3. The Morgan fingerprint density at radius 1 is 0.889 bits per heavy atom. The predicted molar refractivity (Wildman–Crippen MR) is 110 cm³/mol. The number of rotatable bonds is 9. The summed E-state index contributed by atoms with van der Waals surface area (Å²) in [7, 11) is 0. The number of aliphatic hydroxyl groups excluding tert-OH is 1. The largest absolute Gasteiger partial charge is 0.396 e. The summed E-state index contributed by atoms with van der Waals surface area (Å²) >= 11 is 0. The van der Waals surface area contributed by atoms with Crippen LogP contribution in [0, 0.1) is 5.92 Å². The molecule has 0 radical (unpaired) electrons. The maximum Gasteiger partial charge on any atom is 0.0576 e. The highest BCUT2D eigenvalue weighted by Crippen LogP contribution is 2.28. The molecule has 1 fully saturated rings. The lowest BCUT2D eigenvalue weighted by atomic mass is 9.91. The first kappa shape index (κ1) is 20.1. The van der Waals surface area contributed by atoms with E-state index in [1.54, 1.807) is 0 Å². The van der Waals surface area contributed by atoms with Crippen molar-refractivity contribution in [2.75, 3.05) is 13.2 Å². The van der Waals surface area contributed by atoms with E-state index in [0.29, 0.717) is 18.8 Å². The van der Waals surface area contributed by atoms with Crippen LogP contribution < -0.4 is 0 Å². The minimum absolute atomic E-state index is 0.206. The van der Waals surface area contributed by atoms with Gasteiger partial charge in [-0.05, 0) is 36.8 Å². The molecule has 0 saturated heterocycles. The van der Waals surface area contributed by atoms with Gasteiger partial charge < -0.3 is 9.84 Å². The van der Waals surface area contributed by atoms with Gasteiger partial charge in [-0.1, -0.05) is 67.6 Å². The van der Waals surface area contributed by atoms with E-state index in [4.69, 9.17) is 4.74 Å². The minimum atomic E-state index is 0.206. The van der Waals surface area contributed by atoms with E-state index in [9.17, 15) is 5.11 Å². The number of hydrogen-bond acceptors (Lipinski definition) is 3. The van der Waals surface area contributed by atoms with E-state index in [2.05, 4.69) is 65.6 Å². The Labute approximate surface area is 164 Å². The summed E-state index contributed by atoms with van der Waals surface area (Å²) in [6.07, 6.45) is 4.94. The van der Waals surface area contributed by atoms with Gasteiger partial charge in [-0.3, -0.25) is 4.90 Å². The topological polar surface area (TPSA) is 32.7 Å². The Morgan fingerprint density at radius 3 is 1.89 bits per heavy atom. The van der Waals surface area contributed by atoms with E-state index >= 15 is 0 Å². The molecule has 3 heteroatoms. The fraction of sp³-hybridized carbons (Fsp3) is 0.500. The zero-order valence-corrected chi connectivity index (χ0v) is 16.5. The molecule has 0 amide bonds. The zero-order valence-electron chi connectivity index (χ0n) is 16.5. The molecule has 1 N–H and O–H groups in total. The molecule has 0 heterocycles. The second-order valence-electron chi connectivity index (χ2n) is 7.93. The summed E-state index contributed by atoms with van der Waals surface area (Å²) in [6, 6.07) is 22.2. The van der Waals surface area contributed by atoms with Crippen molar-refractivity contribution in [3.8, 4) is 0 Å². The van der Waals surface area contributed by atoms with Gasteiger partial charge in [-0.15, -0.1) is 0 Å². The second kappa shape index (κ2) is 10.6. The smallest absolute Gasteiger partial charge is 0.0576 e. The molecule has 0 bridgehead atoms. The molecule has 3 nitrogen and oxygen atoms in total. The molecule has 0 aromatic heterocycles. The fourth-order valence-corrected chi connectivity index (χ4v) is 3.88. The van der Waals surface area contributed by atoms with E-state index in [1.165, 1.54) is 24.0 Å². The summed E-state index contributed by atoms with van der Waals surface area (Å²) < 4.78 is 6.02. The molecule has 1 atom stereocenters. The van der Waals surface area contributed by atoms with Crippen molar-refractivity contribution in [3.63, 3.8) is 0 Å². The molecule has 1 unspecified atom stereocenters. The summed E-state index contributed by atoms with van der Waals surface area (Å²) in [5.41, 5.74) is 2.76. The van der Waals surface area contributed by atoms with Gasteiger partial charge in [0.1, 0.15) is 0 Å². The molecule has 1 saturated carbocycles. The fourth-order valence-electron chi connectivity index (χ4n) is 3.88. The summed E-state index contributed by atoms with van der Waals surface area (Å²) in [6.45, 7) is 4.90. The zero-order chi connectivity index (χ0) is 18.9. The van der Waals surface area contributed by atoms with Crippen molar-refractivity contribution >= 4 is 0 Å². The first-order valence-corrected chi connectivity index (χ1v) is 10.3. The molecule has 0 aliphatic heterocycles. The highest BCUT2D eigenvalue weighted by atomic mass is 16.5.